The summed E-state index contributed by atoms with van der Waals surface area (Å²) >= 11 is 0. The third-order valence-corrected chi connectivity index (χ3v) is 3.81. The minimum Gasteiger partial charge on any atom is -0.343 e. The van der Waals surface area contributed by atoms with Gasteiger partial charge in [0.15, 0.2) is 0 Å². The van der Waals surface area contributed by atoms with Gasteiger partial charge in [0.05, 0.1) is 6.54 Å². The molecule has 1 saturated carbocycles. The summed E-state index contributed by atoms with van der Waals surface area (Å²) in [5.41, 5.74) is 1.70. The number of carbonyl (C=O) groups excluding carboxylic acids is 3. The van der Waals surface area contributed by atoms with Crippen molar-refractivity contribution in [3.05, 3.63) is 60.2 Å². The van der Waals surface area contributed by atoms with Crippen molar-refractivity contribution >= 4 is 29.1 Å². The van der Waals surface area contributed by atoms with Crippen molar-refractivity contribution in [2.75, 3.05) is 17.2 Å². The van der Waals surface area contributed by atoms with Gasteiger partial charge in [-0.15, -0.1) is 0 Å². The van der Waals surface area contributed by atoms with Gasteiger partial charge in [-0.1, -0.05) is 24.3 Å². The Hall–Kier alpha value is -3.15. The molecule has 6 heteroatoms. The monoisotopic (exact) mass is 337 g/mol. The number of carbonyl (C=O) groups is 3. The van der Waals surface area contributed by atoms with Gasteiger partial charge >= 0.3 is 0 Å². The molecule has 2 aromatic carbocycles. The molecule has 3 N–H and O–H groups in total. The first-order valence-electron chi connectivity index (χ1n) is 8.16. The molecule has 3 amide bonds. The Balaban J connectivity index is 1.50. The second kappa shape index (κ2) is 7.61. The van der Waals surface area contributed by atoms with Gasteiger partial charge < -0.3 is 16.0 Å². The molecule has 0 aromatic heterocycles. The molecular weight excluding hydrogens is 318 g/mol. The van der Waals surface area contributed by atoms with E-state index in [1.165, 1.54) is 0 Å². The summed E-state index contributed by atoms with van der Waals surface area (Å²) in [5, 5.41) is 8.10. The summed E-state index contributed by atoms with van der Waals surface area (Å²) in [4.78, 5) is 35.7. The molecule has 25 heavy (non-hydrogen) atoms. The van der Waals surface area contributed by atoms with Crippen molar-refractivity contribution in [1.82, 2.24) is 5.32 Å². The van der Waals surface area contributed by atoms with Gasteiger partial charge in [-0.25, -0.2) is 0 Å². The average Bonchev–Trinajstić information content (AvgIpc) is 3.46. The van der Waals surface area contributed by atoms with Crippen LogP contribution in [0.1, 0.15) is 23.2 Å². The molecule has 2 aromatic rings. The SMILES string of the molecule is O=C(CNC(=O)c1ccccc1)Nc1cccc(NC(=O)C2CC2)c1. The summed E-state index contributed by atoms with van der Waals surface area (Å²) in [6.07, 6.45) is 1.87. The predicted molar refractivity (Wildman–Crippen MR) is 95.2 cm³/mol. The molecule has 0 bridgehead atoms. The van der Waals surface area contributed by atoms with E-state index in [1.54, 1.807) is 48.5 Å². The largest absolute Gasteiger partial charge is 0.343 e. The molecule has 1 aliphatic rings. The molecule has 1 aliphatic carbocycles. The van der Waals surface area contributed by atoms with Gasteiger partial charge in [0, 0.05) is 22.9 Å². The fourth-order valence-corrected chi connectivity index (χ4v) is 2.32. The topological polar surface area (TPSA) is 87.3 Å². The van der Waals surface area contributed by atoms with Crippen molar-refractivity contribution < 1.29 is 14.4 Å². The first-order chi connectivity index (χ1) is 12.1. The molecule has 3 rings (SSSR count). The van der Waals surface area contributed by atoms with Gasteiger partial charge in [0.25, 0.3) is 5.91 Å². The zero-order valence-corrected chi connectivity index (χ0v) is 13.6. The van der Waals surface area contributed by atoms with E-state index in [0.717, 1.165) is 12.8 Å². The van der Waals surface area contributed by atoms with E-state index in [4.69, 9.17) is 0 Å². The lowest BCUT2D eigenvalue weighted by Crippen LogP contribution is -2.32. The molecular formula is C19H19N3O3. The number of rotatable bonds is 6. The molecule has 128 valence electrons. The maximum atomic E-state index is 12.0. The Morgan fingerprint density at radius 3 is 2.24 bits per heavy atom. The van der Waals surface area contributed by atoms with Gasteiger partial charge in [-0.2, -0.15) is 0 Å². The maximum Gasteiger partial charge on any atom is 0.251 e. The van der Waals surface area contributed by atoms with Crippen molar-refractivity contribution in [2.24, 2.45) is 5.92 Å². The fourth-order valence-electron chi connectivity index (χ4n) is 2.32. The van der Waals surface area contributed by atoms with E-state index in [9.17, 15) is 14.4 Å². The quantitative estimate of drug-likeness (QED) is 0.756. The molecule has 0 unspecified atom stereocenters. The Morgan fingerprint density at radius 1 is 0.880 bits per heavy atom. The third-order valence-electron chi connectivity index (χ3n) is 3.81. The minimum atomic E-state index is -0.338. The van der Waals surface area contributed by atoms with Crippen LogP contribution < -0.4 is 16.0 Å². The van der Waals surface area contributed by atoms with Crippen LogP contribution in [0.25, 0.3) is 0 Å². The van der Waals surface area contributed by atoms with Crippen molar-refractivity contribution in [1.29, 1.82) is 0 Å². The highest BCUT2D eigenvalue weighted by atomic mass is 16.2. The summed E-state index contributed by atoms with van der Waals surface area (Å²) in [6.45, 7) is -0.133. The molecule has 0 heterocycles. The van der Waals surface area contributed by atoms with E-state index in [2.05, 4.69) is 16.0 Å². The van der Waals surface area contributed by atoms with Gasteiger partial charge in [-0.3, -0.25) is 14.4 Å². The van der Waals surface area contributed by atoms with Crippen LogP contribution in [0, 0.1) is 5.92 Å². The highest BCUT2D eigenvalue weighted by molar-refractivity contribution is 6.00. The summed E-state index contributed by atoms with van der Waals surface area (Å²) in [6, 6.07) is 15.6. The number of hydrogen-bond acceptors (Lipinski definition) is 3. The lowest BCUT2D eigenvalue weighted by Gasteiger charge is -2.09. The molecule has 0 saturated heterocycles. The smallest absolute Gasteiger partial charge is 0.251 e. The summed E-state index contributed by atoms with van der Waals surface area (Å²) in [5.74, 6) is -0.513. The molecule has 6 nitrogen and oxygen atoms in total. The predicted octanol–water partition coefficient (Wildman–Crippen LogP) is 2.40. The fraction of sp³-hybridized carbons (Fsp3) is 0.211. The van der Waals surface area contributed by atoms with Gasteiger partial charge in [-0.05, 0) is 43.2 Å². The number of nitrogens with one attached hydrogen (secondary N) is 3. The Morgan fingerprint density at radius 2 is 1.56 bits per heavy atom. The lowest BCUT2D eigenvalue weighted by atomic mass is 10.2. The second-order valence-corrected chi connectivity index (χ2v) is 5.94. The first kappa shape index (κ1) is 16.7. The lowest BCUT2D eigenvalue weighted by molar-refractivity contribution is -0.117. The number of benzene rings is 2. The normalized spacial score (nSPS) is 13.0. The van der Waals surface area contributed by atoms with E-state index < -0.39 is 0 Å². The zero-order chi connectivity index (χ0) is 17.6. The van der Waals surface area contributed by atoms with Crippen molar-refractivity contribution in [3.63, 3.8) is 0 Å². The van der Waals surface area contributed by atoms with Crippen LogP contribution in [-0.2, 0) is 9.59 Å². The van der Waals surface area contributed by atoms with Gasteiger partial charge in [0.2, 0.25) is 11.8 Å². The van der Waals surface area contributed by atoms with E-state index in [1.807, 2.05) is 6.07 Å². The number of amides is 3. The first-order valence-corrected chi connectivity index (χ1v) is 8.16. The summed E-state index contributed by atoms with van der Waals surface area (Å²) in [7, 11) is 0. The van der Waals surface area contributed by atoms with E-state index in [-0.39, 0.29) is 30.2 Å². The highest BCUT2D eigenvalue weighted by Crippen LogP contribution is 2.30. The molecule has 0 atom stereocenters. The van der Waals surface area contributed by atoms with E-state index >= 15 is 0 Å². The summed E-state index contributed by atoms with van der Waals surface area (Å²) < 4.78 is 0. The number of hydrogen-bond donors (Lipinski definition) is 3. The molecule has 0 radical (unpaired) electrons. The van der Waals surface area contributed by atoms with Crippen molar-refractivity contribution in [3.8, 4) is 0 Å². The minimum absolute atomic E-state index is 0.0126. The van der Waals surface area contributed by atoms with E-state index in [0.29, 0.717) is 16.9 Å². The third kappa shape index (κ3) is 4.91. The molecule has 0 spiro atoms. The second-order valence-electron chi connectivity index (χ2n) is 5.94. The van der Waals surface area contributed by atoms with Crippen LogP contribution in [-0.4, -0.2) is 24.3 Å². The van der Waals surface area contributed by atoms with Crippen LogP contribution in [0.15, 0.2) is 54.6 Å². The van der Waals surface area contributed by atoms with Crippen LogP contribution in [0.2, 0.25) is 0 Å². The Labute approximate surface area is 145 Å². The molecule has 0 aliphatic heterocycles. The molecule has 1 fully saturated rings. The highest BCUT2D eigenvalue weighted by Gasteiger charge is 2.29. The van der Waals surface area contributed by atoms with Crippen LogP contribution in [0.5, 0.6) is 0 Å². The van der Waals surface area contributed by atoms with Gasteiger partial charge in [0.1, 0.15) is 0 Å². The standard InChI is InChI=1S/C19H19N3O3/c23-17(12-20-18(24)13-5-2-1-3-6-13)21-15-7-4-8-16(11-15)22-19(25)14-9-10-14/h1-8,11,14H,9-10,12H2,(H,20,24)(H,21,23)(H,22,25). The van der Waals surface area contributed by atoms with Crippen LogP contribution >= 0.6 is 0 Å². The maximum absolute atomic E-state index is 12.0. The zero-order valence-electron chi connectivity index (χ0n) is 13.6. The van der Waals surface area contributed by atoms with Crippen molar-refractivity contribution in [2.45, 2.75) is 12.8 Å². The Bertz CT molecular complexity index is 786. The Kier molecular flexibility index (Phi) is 5.09. The number of anilines is 2. The van der Waals surface area contributed by atoms with Crippen LogP contribution in [0.4, 0.5) is 11.4 Å². The van der Waals surface area contributed by atoms with Crippen LogP contribution in [0.3, 0.4) is 0 Å². The average molecular weight is 337 g/mol.